The molecule has 0 saturated carbocycles. The fourth-order valence-corrected chi connectivity index (χ4v) is 2.79. The molecule has 1 heterocycles. The van der Waals surface area contributed by atoms with E-state index in [1.807, 2.05) is 30.3 Å². The third-order valence-corrected chi connectivity index (χ3v) is 3.83. The molecule has 114 valence electrons. The van der Waals surface area contributed by atoms with Gasteiger partial charge in [0.2, 0.25) is 0 Å². The van der Waals surface area contributed by atoms with E-state index in [-0.39, 0.29) is 0 Å². The molecule has 0 radical (unpaired) electrons. The summed E-state index contributed by atoms with van der Waals surface area (Å²) < 4.78 is 8.17. The van der Waals surface area contributed by atoms with Gasteiger partial charge in [-0.15, -0.1) is 0 Å². The SMILES string of the molecule is Cc1ccc(OCc2cc3cc(O)ccc3n2C(C)C)cc1. The van der Waals surface area contributed by atoms with Crippen LogP contribution >= 0.6 is 0 Å². The molecule has 2 aromatic carbocycles. The average Bonchev–Trinajstić information content (AvgIpc) is 2.84. The zero-order valence-electron chi connectivity index (χ0n) is 13.2. The summed E-state index contributed by atoms with van der Waals surface area (Å²) in [4.78, 5) is 0. The smallest absolute Gasteiger partial charge is 0.128 e. The van der Waals surface area contributed by atoms with Crippen molar-refractivity contribution in [2.24, 2.45) is 0 Å². The fourth-order valence-electron chi connectivity index (χ4n) is 2.79. The van der Waals surface area contributed by atoms with E-state index >= 15 is 0 Å². The normalized spacial score (nSPS) is 11.3. The van der Waals surface area contributed by atoms with E-state index in [2.05, 4.69) is 31.4 Å². The first-order valence-corrected chi connectivity index (χ1v) is 7.57. The lowest BCUT2D eigenvalue weighted by Crippen LogP contribution is -2.08. The van der Waals surface area contributed by atoms with Crippen LogP contribution < -0.4 is 4.74 Å². The predicted molar refractivity (Wildman–Crippen MR) is 89.5 cm³/mol. The van der Waals surface area contributed by atoms with E-state index < -0.39 is 0 Å². The zero-order chi connectivity index (χ0) is 15.7. The van der Waals surface area contributed by atoms with Gasteiger partial charge in [-0.05, 0) is 57.2 Å². The van der Waals surface area contributed by atoms with Crippen molar-refractivity contribution in [1.29, 1.82) is 0 Å². The highest BCUT2D eigenvalue weighted by molar-refractivity contribution is 5.83. The van der Waals surface area contributed by atoms with Crippen LogP contribution in [0, 0.1) is 6.92 Å². The van der Waals surface area contributed by atoms with Gasteiger partial charge in [0.1, 0.15) is 18.1 Å². The Labute approximate surface area is 130 Å². The molecule has 0 aliphatic carbocycles. The molecule has 0 spiro atoms. The lowest BCUT2D eigenvalue weighted by atomic mass is 10.2. The van der Waals surface area contributed by atoms with Crippen LogP contribution in [0.25, 0.3) is 10.9 Å². The van der Waals surface area contributed by atoms with E-state index in [9.17, 15) is 5.11 Å². The summed E-state index contributed by atoms with van der Waals surface area (Å²) >= 11 is 0. The van der Waals surface area contributed by atoms with Crippen molar-refractivity contribution in [3.8, 4) is 11.5 Å². The molecule has 1 aromatic heterocycles. The summed E-state index contributed by atoms with van der Waals surface area (Å²) in [6, 6.07) is 16.0. The summed E-state index contributed by atoms with van der Waals surface area (Å²) in [5, 5.41) is 10.7. The second kappa shape index (κ2) is 5.76. The maximum absolute atomic E-state index is 9.66. The second-order valence-corrected chi connectivity index (χ2v) is 5.94. The number of hydrogen-bond donors (Lipinski definition) is 1. The summed E-state index contributed by atoms with van der Waals surface area (Å²) in [7, 11) is 0. The first-order valence-electron chi connectivity index (χ1n) is 7.57. The van der Waals surface area contributed by atoms with Gasteiger partial charge < -0.3 is 14.4 Å². The summed E-state index contributed by atoms with van der Waals surface area (Å²) in [6.07, 6.45) is 0. The fraction of sp³-hybridized carbons (Fsp3) is 0.263. The van der Waals surface area contributed by atoms with Crippen LogP contribution in [0.1, 0.15) is 31.1 Å². The number of rotatable bonds is 4. The first kappa shape index (κ1) is 14.5. The Kier molecular flexibility index (Phi) is 3.80. The number of aromatic nitrogens is 1. The van der Waals surface area contributed by atoms with Crippen LogP contribution in [-0.4, -0.2) is 9.67 Å². The van der Waals surface area contributed by atoms with Gasteiger partial charge in [0.05, 0.1) is 5.69 Å². The highest BCUT2D eigenvalue weighted by atomic mass is 16.5. The maximum Gasteiger partial charge on any atom is 0.128 e. The van der Waals surface area contributed by atoms with Crippen LogP contribution in [0.3, 0.4) is 0 Å². The standard InChI is InChI=1S/C19H21NO2/c1-13(2)20-16(10-15-11-17(21)6-9-19(15)20)12-22-18-7-4-14(3)5-8-18/h4-11,13,21H,12H2,1-3H3. The molecule has 1 N–H and O–H groups in total. The number of benzene rings is 2. The highest BCUT2D eigenvalue weighted by Crippen LogP contribution is 2.28. The van der Waals surface area contributed by atoms with E-state index in [1.54, 1.807) is 12.1 Å². The Balaban J connectivity index is 1.92. The van der Waals surface area contributed by atoms with Crippen molar-refractivity contribution in [1.82, 2.24) is 4.57 Å². The number of fused-ring (bicyclic) bond motifs is 1. The van der Waals surface area contributed by atoms with Crippen molar-refractivity contribution in [3.63, 3.8) is 0 Å². The summed E-state index contributed by atoms with van der Waals surface area (Å²) in [6.45, 7) is 6.88. The van der Waals surface area contributed by atoms with Gasteiger partial charge in [0, 0.05) is 16.9 Å². The molecule has 0 aliphatic rings. The molecule has 22 heavy (non-hydrogen) atoms. The minimum Gasteiger partial charge on any atom is -0.508 e. The number of aromatic hydroxyl groups is 1. The van der Waals surface area contributed by atoms with Crippen LogP contribution in [0.2, 0.25) is 0 Å². The Morgan fingerprint density at radius 1 is 1.05 bits per heavy atom. The van der Waals surface area contributed by atoms with Crippen LogP contribution in [0.5, 0.6) is 11.5 Å². The number of nitrogens with zero attached hydrogens (tertiary/aromatic N) is 1. The van der Waals surface area contributed by atoms with Gasteiger partial charge in [-0.3, -0.25) is 0 Å². The molecule has 0 aliphatic heterocycles. The molecular weight excluding hydrogens is 274 g/mol. The zero-order valence-corrected chi connectivity index (χ0v) is 13.2. The highest BCUT2D eigenvalue weighted by Gasteiger charge is 2.12. The van der Waals surface area contributed by atoms with Crippen molar-refractivity contribution < 1.29 is 9.84 Å². The monoisotopic (exact) mass is 295 g/mol. The topological polar surface area (TPSA) is 34.4 Å². The molecule has 3 aromatic rings. The van der Waals surface area contributed by atoms with Crippen LogP contribution in [-0.2, 0) is 6.61 Å². The molecule has 0 amide bonds. The number of phenols is 1. The Bertz CT molecular complexity index is 785. The molecule has 3 rings (SSSR count). The summed E-state index contributed by atoms with van der Waals surface area (Å²) in [5.74, 6) is 1.16. The molecule has 3 heteroatoms. The average molecular weight is 295 g/mol. The first-order chi connectivity index (χ1) is 10.5. The van der Waals surface area contributed by atoms with Crippen molar-refractivity contribution in [3.05, 3.63) is 59.8 Å². The lowest BCUT2D eigenvalue weighted by molar-refractivity contribution is 0.293. The van der Waals surface area contributed by atoms with E-state index in [4.69, 9.17) is 4.74 Å². The van der Waals surface area contributed by atoms with E-state index in [0.717, 1.165) is 22.3 Å². The van der Waals surface area contributed by atoms with Gasteiger partial charge in [-0.25, -0.2) is 0 Å². The Hall–Kier alpha value is -2.42. The molecule has 3 nitrogen and oxygen atoms in total. The third-order valence-electron chi connectivity index (χ3n) is 3.83. The predicted octanol–water partition coefficient (Wildman–Crippen LogP) is 4.82. The van der Waals surface area contributed by atoms with Crippen molar-refractivity contribution in [2.45, 2.75) is 33.4 Å². The number of aryl methyl sites for hydroxylation is 1. The molecular formula is C19H21NO2. The maximum atomic E-state index is 9.66. The number of phenolic OH excluding ortho intramolecular Hbond substituents is 1. The molecule has 0 fully saturated rings. The van der Waals surface area contributed by atoms with Gasteiger partial charge in [0.25, 0.3) is 0 Å². The number of hydrogen-bond acceptors (Lipinski definition) is 2. The largest absolute Gasteiger partial charge is 0.508 e. The Morgan fingerprint density at radius 3 is 2.45 bits per heavy atom. The quantitative estimate of drug-likeness (QED) is 0.749. The minimum atomic E-state index is 0.291. The van der Waals surface area contributed by atoms with Gasteiger partial charge >= 0.3 is 0 Å². The van der Waals surface area contributed by atoms with Crippen LogP contribution in [0.4, 0.5) is 0 Å². The van der Waals surface area contributed by atoms with Crippen molar-refractivity contribution in [2.75, 3.05) is 0 Å². The summed E-state index contributed by atoms with van der Waals surface area (Å²) in [5.41, 5.74) is 3.45. The van der Waals surface area contributed by atoms with Gasteiger partial charge in [-0.2, -0.15) is 0 Å². The minimum absolute atomic E-state index is 0.291. The molecule has 0 atom stereocenters. The van der Waals surface area contributed by atoms with Crippen molar-refractivity contribution >= 4 is 10.9 Å². The van der Waals surface area contributed by atoms with Gasteiger partial charge in [-0.1, -0.05) is 17.7 Å². The third kappa shape index (κ3) is 2.80. The Morgan fingerprint density at radius 2 is 1.77 bits per heavy atom. The molecule has 0 unspecified atom stereocenters. The van der Waals surface area contributed by atoms with Gasteiger partial charge in [0.15, 0.2) is 0 Å². The lowest BCUT2D eigenvalue weighted by Gasteiger charge is -2.15. The van der Waals surface area contributed by atoms with Crippen LogP contribution in [0.15, 0.2) is 48.5 Å². The van der Waals surface area contributed by atoms with E-state index in [0.29, 0.717) is 18.4 Å². The number of ether oxygens (including phenoxy) is 1. The second-order valence-electron chi connectivity index (χ2n) is 5.94. The molecule has 0 bridgehead atoms. The molecule has 0 saturated heterocycles. The van der Waals surface area contributed by atoms with E-state index in [1.165, 1.54) is 5.56 Å².